The van der Waals surface area contributed by atoms with Crippen LogP contribution in [0.4, 0.5) is 8.78 Å². The SMILES string of the molecule is CN1CCCCC1C(=O)C(F)F. The molecule has 0 aromatic rings. The van der Waals surface area contributed by atoms with Crippen LogP contribution in [-0.4, -0.2) is 36.7 Å². The highest BCUT2D eigenvalue weighted by atomic mass is 19.3. The van der Waals surface area contributed by atoms with E-state index in [-0.39, 0.29) is 0 Å². The third kappa shape index (κ3) is 2.00. The zero-order valence-corrected chi connectivity index (χ0v) is 7.09. The van der Waals surface area contributed by atoms with Crippen LogP contribution in [0, 0.1) is 0 Å². The molecule has 1 fully saturated rings. The van der Waals surface area contributed by atoms with Gasteiger partial charge in [-0.1, -0.05) is 6.42 Å². The van der Waals surface area contributed by atoms with Crippen molar-refractivity contribution in [3.8, 4) is 0 Å². The van der Waals surface area contributed by atoms with Gasteiger partial charge >= 0.3 is 0 Å². The summed E-state index contributed by atoms with van der Waals surface area (Å²) in [6.07, 6.45) is -0.341. The van der Waals surface area contributed by atoms with Crippen molar-refractivity contribution in [3.63, 3.8) is 0 Å². The number of likely N-dealkylation sites (N-methyl/N-ethyl adjacent to an activating group) is 1. The molecule has 70 valence electrons. The summed E-state index contributed by atoms with van der Waals surface area (Å²) in [4.78, 5) is 12.6. The van der Waals surface area contributed by atoms with Gasteiger partial charge in [0, 0.05) is 0 Å². The minimum absolute atomic E-state index is 0.543. The van der Waals surface area contributed by atoms with Gasteiger partial charge in [-0.25, -0.2) is 8.78 Å². The van der Waals surface area contributed by atoms with Crippen molar-refractivity contribution in [3.05, 3.63) is 0 Å². The first-order chi connectivity index (χ1) is 5.63. The highest BCUT2D eigenvalue weighted by Crippen LogP contribution is 2.17. The van der Waals surface area contributed by atoms with Gasteiger partial charge in [0.2, 0.25) is 5.78 Å². The fourth-order valence-electron chi connectivity index (χ4n) is 1.58. The summed E-state index contributed by atoms with van der Waals surface area (Å²) in [5, 5.41) is 0. The highest BCUT2D eigenvalue weighted by molar-refractivity contribution is 5.86. The molecular weight excluding hydrogens is 164 g/mol. The predicted octanol–water partition coefficient (Wildman–Crippen LogP) is 1.30. The number of ketones is 1. The molecular formula is C8H13F2NO. The molecule has 0 N–H and O–H groups in total. The fraction of sp³-hybridized carbons (Fsp3) is 0.875. The van der Waals surface area contributed by atoms with Crippen LogP contribution < -0.4 is 0 Å². The smallest absolute Gasteiger partial charge is 0.296 e. The summed E-state index contributed by atoms with van der Waals surface area (Å²) in [6, 6.07) is -0.543. The van der Waals surface area contributed by atoms with Crippen molar-refractivity contribution in [2.24, 2.45) is 0 Å². The summed E-state index contributed by atoms with van der Waals surface area (Å²) in [6.45, 7) is 0.753. The van der Waals surface area contributed by atoms with Gasteiger partial charge in [0.1, 0.15) is 0 Å². The molecule has 0 radical (unpaired) electrons. The highest BCUT2D eigenvalue weighted by Gasteiger charge is 2.31. The van der Waals surface area contributed by atoms with Crippen LogP contribution in [0.5, 0.6) is 0 Å². The lowest BCUT2D eigenvalue weighted by Gasteiger charge is -2.30. The number of piperidine rings is 1. The van der Waals surface area contributed by atoms with Crippen LogP contribution in [0.2, 0.25) is 0 Å². The number of carbonyl (C=O) groups is 1. The maximum absolute atomic E-state index is 12.0. The zero-order chi connectivity index (χ0) is 9.14. The van der Waals surface area contributed by atoms with E-state index in [2.05, 4.69) is 0 Å². The number of rotatable bonds is 2. The Bertz CT molecular complexity index is 172. The molecule has 1 atom stereocenters. The monoisotopic (exact) mass is 177 g/mol. The molecule has 1 rings (SSSR count). The van der Waals surface area contributed by atoms with E-state index in [1.54, 1.807) is 11.9 Å². The van der Waals surface area contributed by atoms with Crippen molar-refractivity contribution in [1.82, 2.24) is 4.90 Å². The van der Waals surface area contributed by atoms with E-state index in [9.17, 15) is 13.6 Å². The molecule has 1 aliphatic heterocycles. The number of halogens is 2. The van der Waals surface area contributed by atoms with Gasteiger partial charge in [-0.2, -0.15) is 0 Å². The van der Waals surface area contributed by atoms with Gasteiger partial charge in [0.05, 0.1) is 6.04 Å². The van der Waals surface area contributed by atoms with Crippen LogP contribution in [-0.2, 0) is 4.79 Å². The first-order valence-electron chi connectivity index (χ1n) is 4.15. The van der Waals surface area contributed by atoms with Crippen molar-refractivity contribution in [1.29, 1.82) is 0 Å². The quantitative estimate of drug-likeness (QED) is 0.633. The normalized spacial score (nSPS) is 26.2. The van der Waals surface area contributed by atoms with Crippen molar-refractivity contribution in [2.75, 3.05) is 13.6 Å². The molecule has 1 unspecified atom stereocenters. The second kappa shape index (κ2) is 3.94. The standard InChI is InChI=1S/C8H13F2NO/c1-11-5-3-2-4-6(11)7(12)8(9)10/h6,8H,2-5H2,1H3. The van der Waals surface area contributed by atoms with Gasteiger partial charge in [-0.3, -0.25) is 9.69 Å². The molecule has 1 saturated heterocycles. The topological polar surface area (TPSA) is 20.3 Å². The van der Waals surface area contributed by atoms with Gasteiger partial charge in [-0.15, -0.1) is 0 Å². The lowest BCUT2D eigenvalue weighted by molar-refractivity contribution is -0.135. The first kappa shape index (κ1) is 9.58. The van der Waals surface area contributed by atoms with Crippen LogP contribution in [0.3, 0.4) is 0 Å². The number of hydrogen-bond acceptors (Lipinski definition) is 2. The van der Waals surface area contributed by atoms with Crippen molar-refractivity contribution in [2.45, 2.75) is 31.7 Å². The Labute approximate surface area is 70.5 Å². The number of hydrogen-bond donors (Lipinski definition) is 0. The van der Waals surface area contributed by atoms with Crippen LogP contribution in [0.25, 0.3) is 0 Å². The molecule has 0 amide bonds. The summed E-state index contributed by atoms with van der Waals surface area (Å²) >= 11 is 0. The Kier molecular flexibility index (Phi) is 3.14. The molecule has 0 aliphatic carbocycles. The summed E-state index contributed by atoms with van der Waals surface area (Å²) in [5.41, 5.74) is 0. The largest absolute Gasteiger partial charge is 0.297 e. The Morgan fingerprint density at radius 3 is 2.67 bits per heavy atom. The van der Waals surface area contributed by atoms with E-state index in [4.69, 9.17) is 0 Å². The minimum Gasteiger partial charge on any atom is -0.296 e. The van der Waals surface area contributed by atoms with E-state index >= 15 is 0 Å². The molecule has 2 nitrogen and oxygen atoms in total. The predicted molar refractivity (Wildman–Crippen MR) is 41.3 cm³/mol. The lowest BCUT2D eigenvalue weighted by atomic mass is 9.99. The van der Waals surface area contributed by atoms with Crippen LogP contribution in [0.15, 0.2) is 0 Å². The summed E-state index contributed by atoms with van der Waals surface area (Å²) in [7, 11) is 1.73. The Hall–Kier alpha value is -0.510. The van der Waals surface area contributed by atoms with E-state index < -0.39 is 18.3 Å². The average molecular weight is 177 g/mol. The summed E-state index contributed by atoms with van der Waals surface area (Å²) < 4.78 is 24.0. The van der Waals surface area contributed by atoms with Gasteiger partial charge < -0.3 is 0 Å². The number of carbonyl (C=O) groups excluding carboxylic acids is 1. The molecule has 1 heterocycles. The van der Waals surface area contributed by atoms with Crippen LogP contribution in [0.1, 0.15) is 19.3 Å². The first-order valence-corrected chi connectivity index (χ1v) is 4.15. The van der Waals surface area contributed by atoms with E-state index in [0.29, 0.717) is 6.42 Å². The Morgan fingerprint density at radius 2 is 2.17 bits per heavy atom. The third-order valence-corrected chi connectivity index (χ3v) is 2.31. The maximum Gasteiger partial charge on any atom is 0.297 e. The minimum atomic E-state index is -2.81. The number of likely N-dealkylation sites (tertiary alicyclic amines) is 1. The zero-order valence-electron chi connectivity index (χ0n) is 7.09. The second-order valence-electron chi connectivity index (χ2n) is 3.20. The second-order valence-corrected chi connectivity index (χ2v) is 3.20. The van der Waals surface area contributed by atoms with Crippen molar-refractivity contribution >= 4 is 5.78 Å². The molecule has 0 bridgehead atoms. The molecule has 0 spiro atoms. The molecule has 0 aromatic carbocycles. The molecule has 1 aliphatic rings. The number of alkyl halides is 2. The molecule has 4 heteroatoms. The van der Waals surface area contributed by atoms with Gasteiger partial charge in [0.15, 0.2) is 0 Å². The van der Waals surface area contributed by atoms with E-state index in [1.807, 2.05) is 0 Å². The number of nitrogens with zero attached hydrogens (tertiary/aromatic N) is 1. The summed E-state index contributed by atoms with van der Waals surface area (Å²) in [5.74, 6) is -0.919. The molecule has 0 saturated carbocycles. The maximum atomic E-state index is 12.0. The average Bonchev–Trinajstić information content (AvgIpc) is 2.04. The van der Waals surface area contributed by atoms with E-state index in [0.717, 1.165) is 19.4 Å². The van der Waals surface area contributed by atoms with Crippen molar-refractivity contribution < 1.29 is 13.6 Å². The fourth-order valence-corrected chi connectivity index (χ4v) is 1.58. The number of Topliss-reactive ketones (excluding diaryl/α,β-unsaturated/α-hetero) is 1. The Morgan fingerprint density at radius 1 is 1.50 bits per heavy atom. The van der Waals surface area contributed by atoms with E-state index in [1.165, 1.54) is 0 Å². The van der Waals surface area contributed by atoms with Gasteiger partial charge in [-0.05, 0) is 26.4 Å². The Balaban J connectivity index is 2.53. The van der Waals surface area contributed by atoms with Gasteiger partial charge in [0.25, 0.3) is 6.43 Å². The lowest BCUT2D eigenvalue weighted by Crippen LogP contribution is -2.44. The third-order valence-electron chi connectivity index (χ3n) is 2.31. The van der Waals surface area contributed by atoms with Crippen LogP contribution >= 0.6 is 0 Å². The molecule has 12 heavy (non-hydrogen) atoms. The molecule has 0 aromatic heterocycles.